The first kappa shape index (κ1) is 22.8. The highest BCUT2D eigenvalue weighted by Crippen LogP contribution is 2.23. The first-order chi connectivity index (χ1) is 15.2. The minimum absolute atomic E-state index is 0.0968. The zero-order valence-electron chi connectivity index (χ0n) is 20.2. The fourth-order valence-corrected chi connectivity index (χ4v) is 4.67. The predicted molar refractivity (Wildman–Crippen MR) is 134 cm³/mol. The van der Waals surface area contributed by atoms with Gasteiger partial charge in [-0.05, 0) is 60.4 Å². The molecule has 0 aliphatic carbocycles. The van der Waals surface area contributed by atoms with E-state index in [-0.39, 0.29) is 11.0 Å². The van der Waals surface area contributed by atoms with Gasteiger partial charge in [0, 0.05) is 37.1 Å². The van der Waals surface area contributed by atoms with Gasteiger partial charge in [0.1, 0.15) is 0 Å². The zero-order chi connectivity index (χ0) is 22.9. The second-order valence-electron chi connectivity index (χ2n) is 10.5. The van der Waals surface area contributed by atoms with E-state index in [2.05, 4.69) is 80.4 Å². The Hall–Kier alpha value is -2.43. The van der Waals surface area contributed by atoms with Crippen molar-refractivity contribution in [1.29, 1.82) is 0 Å². The lowest BCUT2D eigenvalue weighted by atomic mass is 9.87. The van der Waals surface area contributed by atoms with E-state index in [0.29, 0.717) is 12.7 Å². The Kier molecular flexibility index (Phi) is 6.55. The Bertz CT molecular complexity index is 1130. The molecule has 32 heavy (non-hydrogen) atoms. The topological polar surface area (TPSA) is 37.3 Å². The molecule has 1 fully saturated rings. The molecule has 0 atom stereocenters. The van der Waals surface area contributed by atoms with Crippen molar-refractivity contribution in [2.45, 2.75) is 72.1 Å². The average Bonchev–Trinajstić information content (AvgIpc) is 2.75. The van der Waals surface area contributed by atoms with Crippen LogP contribution in [0.25, 0.3) is 10.9 Å². The molecule has 1 aliphatic heterocycles. The van der Waals surface area contributed by atoms with Crippen LogP contribution in [-0.2, 0) is 18.6 Å². The molecule has 1 N–H and O–H groups in total. The Morgan fingerprint density at radius 1 is 0.969 bits per heavy atom. The fraction of sp³-hybridized carbons (Fsp3) is 0.464. The first-order valence-electron chi connectivity index (χ1n) is 11.9. The molecule has 4 nitrogen and oxygen atoms in total. The second-order valence-corrected chi connectivity index (χ2v) is 10.5. The number of likely N-dealkylation sites (tertiary alicyclic amines) is 1. The van der Waals surface area contributed by atoms with Crippen molar-refractivity contribution in [2.24, 2.45) is 0 Å². The largest absolute Gasteiger partial charge is 0.310 e. The summed E-state index contributed by atoms with van der Waals surface area (Å²) in [6, 6.07) is 17.7. The quantitative estimate of drug-likeness (QED) is 0.609. The number of pyridine rings is 1. The minimum atomic E-state index is 0.0968. The number of fused-ring (bicyclic) bond motifs is 1. The molecule has 0 radical (unpaired) electrons. The summed E-state index contributed by atoms with van der Waals surface area (Å²) in [6.45, 7) is 14.5. The molecule has 4 heteroatoms. The van der Waals surface area contributed by atoms with Crippen LogP contribution in [0.15, 0.2) is 53.3 Å². The standard InChI is InChI=1S/C28H37N3O/c1-20-6-11-25-21(2)17-27(32)31(26(25)16-20)19-30-14-12-24(13-15-30)29-18-22-7-9-23(10-8-22)28(3,4)5/h6-11,16-17,24,29H,12-15,18-19H2,1-5H3. The smallest absolute Gasteiger partial charge is 0.252 e. The third kappa shape index (κ3) is 5.13. The maximum absolute atomic E-state index is 12.8. The molecule has 2 heterocycles. The van der Waals surface area contributed by atoms with Crippen LogP contribution in [0, 0.1) is 13.8 Å². The second kappa shape index (κ2) is 9.21. The fourth-order valence-electron chi connectivity index (χ4n) is 4.67. The highest BCUT2D eigenvalue weighted by atomic mass is 16.1. The zero-order valence-corrected chi connectivity index (χ0v) is 20.2. The number of hydrogen-bond donors (Lipinski definition) is 1. The first-order valence-corrected chi connectivity index (χ1v) is 11.9. The van der Waals surface area contributed by atoms with Crippen LogP contribution in [-0.4, -0.2) is 28.6 Å². The highest BCUT2D eigenvalue weighted by molar-refractivity contribution is 5.83. The summed E-state index contributed by atoms with van der Waals surface area (Å²) < 4.78 is 1.94. The number of piperidine rings is 1. The number of rotatable bonds is 5. The van der Waals surface area contributed by atoms with Gasteiger partial charge in [-0.15, -0.1) is 0 Å². The lowest BCUT2D eigenvalue weighted by Gasteiger charge is -2.33. The Balaban J connectivity index is 1.35. The van der Waals surface area contributed by atoms with Crippen LogP contribution in [0.1, 0.15) is 55.9 Å². The van der Waals surface area contributed by atoms with Crippen molar-refractivity contribution in [2.75, 3.05) is 13.1 Å². The number of nitrogens with one attached hydrogen (secondary N) is 1. The van der Waals surface area contributed by atoms with Gasteiger partial charge in [-0.3, -0.25) is 14.3 Å². The molecule has 1 saturated heterocycles. The van der Waals surface area contributed by atoms with Gasteiger partial charge < -0.3 is 5.32 Å². The van der Waals surface area contributed by atoms with Gasteiger partial charge in [0.25, 0.3) is 5.56 Å². The number of nitrogens with zero attached hydrogens (tertiary/aromatic N) is 2. The summed E-state index contributed by atoms with van der Waals surface area (Å²) in [5.74, 6) is 0. The summed E-state index contributed by atoms with van der Waals surface area (Å²) in [6.07, 6.45) is 2.22. The highest BCUT2D eigenvalue weighted by Gasteiger charge is 2.20. The molecule has 3 aromatic rings. The van der Waals surface area contributed by atoms with E-state index in [9.17, 15) is 4.79 Å². The van der Waals surface area contributed by atoms with Crippen LogP contribution < -0.4 is 10.9 Å². The van der Waals surface area contributed by atoms with Gasteiger partial charge in [0.15, 0.2) is 0 Å². The third-order valence-corrected chi connectivity index (χ3v) is 6.82. The molecule has 1 aromatic heterocycles. The molecule has 1 aliphatic rings. The summed E-state index contributed by atoms with van der Waals surface area (Å²) in [4.78, 5) is 15.2. The van der Waals surface area contributed by atoms with Crippen molar-refractivity contribution < 1.29 is 0 Å². The molecule has 0 unspecified atom stereocenters. The molecule has 0 saturated carbocycles. The van der Waals surface area contributed by atoms with Crippen LogP contribution >= 0.6 is 0 Å². The molecule has 0 bridgehead atoms. The van der Waals surface area contributed by atoms with Gasteiger partial charge in [-0.25, -0.2) is 0 Å². The van der Waals surface area contributed by atoms with E-state index in [1.165, 1.54) is 22.1 Å². The van der Waals surface area contributed by atoms with Crippen molar-refractivity contribution in [1.82, 2.24) is 14.8 Å². The van der Waals surface area contributed by atoms with Crippen molar-refractivity contribution in [3.63, 3.8) is 0 Å². The number of benzene rings is 2. The van der Waals surface area contributed by atoms with Gasteiger partial charge in [-0.2, -0.15) is 0 Å². The maximum atomic E-state index is 12.8. The van der Waals surface area contributed by atoms with Gasteiger partial charge in [-0.1, -0.05) is 57.2 Å². The molecule has 4 rings (SSSR count). The third-order valence-electron chi connectivity index (χ3n) is 6.82. The monoisotopic (exact) mass is 431 g/mol. The van der Waals surface area contributed by atoms with Gasteiger partial charge >= 0.3 is 0 Å². The maximum Gasteiger partial charge on any atom is 0.252 e. The van der Waals surface area contributed by atoms with E-state index in [1.807, 2.05) is 11.5 Å². The average molecular weight is 432 g/mol. The van der Waals surface area contributed by atoms with E-state index in [1.54, 1.807) is 6.07 Å². The molecule has 2 aromatic carbocycles. The number of aromatic nitrogens is 1. The van der Waals surface area contributed by atoms with Crippen molar-refractivity contribution in [3.05, 3.63) is 81.1 Å². The summed E-state index contributed by atoms with van der Waals surface area (Å²) in [7, 11) is 0. The molecular weight excluding hydrogens is 394 g/mol. The number of aryl methyl sites for hydroxylation is 2. The summed E-state index contributed by atoms with van der Waals surface area (Å²) >= 11 is 0. The predicted octanol–water partition coefficient (Wildman–Crippen LogP) is 5.13. The Morgan fingerprint density at radius 2 is 1.66 bits per heavy atom. The normalized spacial score (nSPS) is 16.0. The molecular formula is C28H37N3O. The van der Waals surface area contributed by atoms with Crippen LogP contribution in [0.2, 0.25) is 0 Å². The van der Waals surface area contributed by atoms with Crippen molar-refractivity contribution in [3.8, 4) is 0 Å². The van der Waals surface area contributed by atoms with Crippen LogP contribution in [0.3, 0.4) is 0 Å². The van der Waals surface area contributed by atoms with Crippen LogP contribution in [0.4, 0.5) is 0 Å². The lowest BCUT2D eigenvalue weighted by Crippen LogP contribution is -2.44. The Morgan fingerprint density at radius 3 is 2.31 bits per heavy atom. The summed E-state index contributed by atoms with van der Waals surface area (Å²) in [5.41, 5.74) is 6.31. The number of hydrogen-bond acceptors (Lipinski definition) is 3. The van der Waals surface area contributed by atoms with Crippen LogP contribution in [0.5, 0.6) is 0 Å². The van der Waals surface area contributed by atoms with E-state index in [0.717, 1.165) is 43.6 Å². The Labute approximate surface area is 192 Å². The SMILES string of the molecule is Cc1ccc2c(C)cc(=O)n(CN3CCC(NCc4ccc(C(C)(C)C)cc4)CC3)c2c1. The van der Waals surface area contributed by atoms with E-state index >= 15 is 0 Å². The lowest BCUT2D eigenvalue weighted by molar-refractivity contribution is 0.159. The van der Waals surface area contributed by atoms with Gasteiger partial charge in [0.05, 0.1) is 12.2 Å². The van der Waals surface area contributed by atoms with E-state index < -0.39 is 0 Å². The minimum Gasteiger partial charge on any atom is -0.310 e. The van der Waals surface area contributed by atoms with Crippen molar-refractivity contribution >= 4 is 10.9 Å². The molecule has 170 valence electrons. The van der Waals surface area contributed by atoms with Gasteiger partial charge in [0.2, 0.25) is 0 Å². The summed E-state index contributed by atoms with van der Waals surface area (Å²) in [5, 5.41) is 4.91. The molecule has 0 amide bonds. The van der Waals surface area contributed by atoms with E-state index in [4.69, 9.17) is 0 Å². The molecule has 0 spiro atoms.